The Morgan fingerprint density at radius 3 is 3.18 bits per heavy atom. The van der Waals surface area contributed by atoms with Crippen LogP contribution in [0.3, 0.4) is 0 Å². The van der Waals surface area contributed by atoms with Crippen molar-refractivity contribution >= 4 is 23.3 Å². The van der Waals surface area contributed by atoms with Gasteiger partial charge in [-0.1, -0.05) is 0 Å². The van der Waals surface area contributed by atoms with Gasteiger partial charge < -0.3 is 10.6 Å². The Balaban J connectivity index is 2.37. The molecule has 0 amide bonds. The number of hydrogen-bond acceptors (Lipinski definition) is 3. The van der Waals surface area contributed by atoms with Crippen molar-refractivity contribution in [2.45, 2.75) is 6.92 Å². The summed E-state index contributed by atoms with van der Waals surface area (Å²) in [4.78, 5) is 3.83. The van der Waals surface area contributed by atoms with Crippen molar-refractivity contribution in [3.8, 4) is 0 Å². The molecule has 0 aliphatic rings. The van der Waals surface area contributed by atoms with Crippen LogP contribution in [0.1, 0.15) is 6.92 Å². The van der Waals surface area contributed by atoms with E-state index < -0.39 is 0 Å². The van der Waals surface area contributed by atoms with Gasteiger partial charge in [0.05, 0.1) is 0 Å². The number of thiocarbonyl (C=S) groups is 1. The quantitative estimate of drug-likeness (QED) is 0.551. The highest BCUT2D eigenvalue weighted by Crippen LogP contribution is 1.90. The van der Waals surface area contributed by atoms with Crippen LogP contribution in [0.25, 0.3) is 0 Å². The van der Waals surface area contributed by atoms with E-state index in [0.29, 0.717) is 11.1 Å². The van der Waals surface area contributed by atoms with E-state index in [1.807, 2.05) is 6.92 Å². The molecule has 0 saturated carbocycles. The summed E-state index contributed by atoms with van der Waals surface area (Å²) in [6.07, 6.45) is 1.41. The lowest BCUT2D eigenvalue weighted by molar-refractivity contribution is 0.975. The second kappa shape index (κ2) is 3.87. The van der Waals surface area contributed by atoms with E-state index in [4.69, 9.17) is 12.2 Å². The van der Waals surface area contributed by atoms with Crippen LogP contribution in [0.2, 0.25) is 0 Å². The molecule has 1 heterocycles. The summed E-state index contributed by atoms with van der Waals surface area (Å²) in [5, 5.41) is 12.6. The highest BCUT2D eigenvalue weighted by Gasteiger charge is 1.95. The Labute approximate surface area is 69.6 Å². The van der Waals surface area contributed by atoms with E-state index in [-0.39, 0.29) is 0 Å². The van der Waals surface area contributed by atoms with Gasteiger partial charge in [-0.3, -0.25) is 0 Å². The molecular weight excluding hydrogens is 162 g/mol. The van der Waals surface area contributed by atoms with Gasteiger partial charge in [0, 0.05) is 6.54 Å². The van der Waals surface area contributed by atoms with Gasteiger partial charge >= 0.3 is 0 Å². The summed E-state index contributed by atoms with van der Waals surface area (Å²) in [5.74, 6) is 0.552. The number of nitrogens with one attached hydrogen (secondary N) is 3. The Bertz CT molecular complexity index is 219. The molecule has 0 atom stereocenters. The topological polar surface area (TPSA) is 65.6 Å². The van der Waals surface area contributed by atoms with Crippen LogP contribution >= 0.6 is 12.2 Å². The lowest BCUT2D eigenvalue weighted by Gasteiger charge is -2.03. The highest BCUT2D eigenvalue weighted by atomic mass is 32.1. The lowest BCUT2D eigenvalue weighted by atomic mass is 10.7. The predicted octanol–water partition coefficient (Wildman–Crippen LogP) is 0.111. The molecule has 6 heteroatoms. The maximum atomic E-state index is 4.89. The van der Waals surface area contributed by atoms with E-state index in [0.717, 1.165) is 6.54 Å². The number of H-pyrrole nitrogens is 1. The molecule has 1 rings (SSSR count). The summed E-state index contributed by atoms with van der Waals surface area (Å²) in [5.41, 5.74) is 0. The number of nitrogens with zero attached hydrogens (tertiary/aromatic N) is 2. The second-order valence-electron chi connectivity index (χ2n) is 1.82. The van der Waals surface area contributed by atoms with Crippen LogP contribution in [-0.2, 0) is 0 Å². The molecule has 0 radical (unpaired) electrons. The van der Waals surface area contributed by atoms with Gasteiger partial charge in [-0.2, -0.15) is 10.1 Å². The molecule has 0 aromatic carbocycles. The monoisotopic (exact) mass is 171 g/mol. The number of aromatic nitrogens is 3. The first-order chi connectivity index (χ1) is 5.33. The Kier molecular flexibility index (Phi) is 2.79. The fraction of sp³-hybridized carbons (Fsp3) is 0.400. The summed E-state index contributed by atoms with van der Waals surface area (Å²) in [6.45, 7) is 2.76. The van der Waals surface area contributed by atoms with Crippen LogP contribution in [0, 0.1) is 0 Å². The maximum Gasteiger partial charge on any atom is 0.224 e. The molecule has 0 aliphatic carbocycles. The van der Waals surface area contributed by atoms with E-state index >= 15 is 0 Å². The van der Waals surface area contributed by atoms with Crippen molar-refractivity contribution < 1.29 is 0 Å². The lowest BCUT2D eigenvalue weighted by Crippen LogP contribution is -2.28. The molecule has 0 aliphatic heterocycles. The van der Waals surface area contributed by atoms with Gasteiger partial charge in [0.25, 0.3) is 0 Å². The summed E-state index contributed by atoms with van der Waals surface area (Å²) in [7, 11) is 0. The Morgan fingerprint density at radius 2 is 2.64 bits per heavy atom. The molecule has 0 spiro atoms. The first-order valence-corrected chi connectivity index (χ1v) is 3.64. The van der Waals surface area contributed by atoms with Gasteiger partial charge in [0.15, 0.2) is 5.11 Å². The fourth-order valence-electron chi connectivity index (χ4n) is 0.578. The number of rotatable bonds is 2. The number of anilines is 1. The maximum absolute atomic E-state index is 4.89. The van der Waals surface area contributed by atoms with E-state index in [1.165, 1.54) is 6.33 Å². The average Bonchev–Trinajstić information content (AvgIpc) is 2.40. The van der Waals surface area contributed by atoms with Crippen LogP contribution in [0.5, 0.6) is 0 Å². The van der Waals surface area contributed by atoms with Crippen molar-refractivity contribution in [2.24, 2.45) is 0 Å². The van der Waals surface area contributed by atoms with Gasteiger partial charge in [0.1, 0.15) is 6.33 Å². The minimum absolute atomic E-state index is 0.546. The summed E-state index contributed by atoms with van der Waals surface area (Å²) >= 11 is 4.89. The van der Waals surface area contributed by atoms with Crippen LogP contribution in [0.4, 0.5) is 5.95 Å². The largest absolute Gasteiger partial charge is 0.363 e. The van der Waals surface area contributed by atoms with Crippen LogP contribution in [-0.4, -0.2) is 26.8 Å². The Hall–Kier alpha value is -1.17. The molecule has 0 saturated heterocycles. The van der Waals surface area contributed by atoms with Crippen molar-refractivity contribution in [3.05, 3.63) is 6.33 Å². The minimum Gasteiger partial charge on any atom is -0.363 e. The highest BCUT2D eigenvalue weighted by molar-refractivity contribution is 7.80. The molecular formula is C5H9N5S. The van der Waals surface area contributed by atoms with E-state index in [9.17, 15) is 0 Å². The molecule has 1 aromatic heterocycles. The molecule has 11 heavy (non-hydrogen) atoms. The third-order valence-corrected chi connectivity index (χ3v) is 1.23. The third kappa shape index (κ3) is 2.50. The van der Waals surface area contributed by atoms with E-state index in [1.54, 1.807) is 0 Å². The zero-order chi connectivity index (χ0) is 8.10. The first-order valence-electron chi connectivity index (χ1n) is 3.23. The molecule has 0 unspecified atom stereocenters. The fourth-order valence-corrected chi connectivity index (χ4v) is 0.819. The van der Waals surface area contributed by atoms with Crippen molar-refractivity contribution in [1.82, 2.24) is 20.5 Å². The molecule has 3 N–H and O–H groups in total. The predicted molar refractivity (Wildman–Crippen MR) is 46.3 cm³/mol. The smallest absolute Gasteiger partial charge is 0.224 e. The zero-order valence-electron chi connectivity index (χ0n) is 6.09. The van der Waals surface area contributed by atoms with Crippen LogP contribution in [0.15, 0.2) is 6.33 Å². The summed E-state index contributed by atoms with van der Waals surface area (Å²) in [6, 6.07) is 0. The SMILES string of the molecule is CCNC(=S)Nc1ncn[nH]1. The second-order valence-corrected chi connectivity index (χ2v) is 2.23. The first kappa shape index (κ1) is 7.93. The average molecular weight is 171 g/mol. The molecule has 1 aromatic rings. The van der Waals surface area contributed by atoms with E-state index in [2.05, 4.69) is 25.8 Å². The minimum atomic E-state index is 0.546. The van der Waals surface area contributed by atoms with Gasteiger partial charge in [0.2, 0.25) is 5.95 Å². The molecule has 0 fully saturated rings. The van der Waals surface area contributed by atoms with Gasteiger partial charge in [-0.15, -0.1) is 0 Å². The molecule has 60 valence electrons. The van der Waals surface area contributed by atoms with Crippen molar-refractivity contribution in [1.29, 1.82) is 0 Å². The summed E-state index contributed by atoms with van der Waals surface area (Å²) < 4.78 is 0. The Morgan fingerprint density at radius 1 is 1.82 bits per heavy atom. The van der Waals surface area contributed by atoms with Crippen LogP contribution < -0.4 is 10.6 Å². The number of hydrogen-bond donors (Lipinski definition) is 3. The molecule has 5 nitrogen and oxygen atoms in total. The third-order valence-electron chi connectivity index (χ3n) is 0.984. The zero-order valence-corrected chi connectivity index (χ0v) is 6.90. The van der Waals surface area contributed by atoms with Crippen molar-refractivity contribution in [2.75, 3.05) is 11.9 Å². The number of aromatic amines is 1. The van der Waals surface area contributed by atoms with Crippen molar-refractivity contribution in [3.63, 3.8) is 0 Å². The van der Waals surface area contributed by atoms with Gasteiger partial charge in [-0.05, 0) is 19.1 Å². The standard InChI is InChI=1S/C5H9N5S/c1-2-6-5(11)9-4-7-3-8-10-4/h3H,2H2,1H3,(H3,6,7,8,9,10,11). The molecule has 0 bridgehead atoms. The normalized spacial score (nSPS) is 9.18. The van der Waals surface area contributed by atoms with Gasteiger partial charge in [-0.25, -0.2) is 5.10 Å².